The van der Waals surface area contributed by atoms with Gasteiger partial charge in [-0.1, -0.05) is 19.3 Å². The Kier molecular flexibility index (Phi) is 6.29. The minimum atomic E-state index is -0.952. The van der Waals surface area contributed by atoms with Crippen molar-refractivity contribution in [1.29, 1.82) is 0 Å². The number of nitrogens with zero attached hydrogens (tertiary/aromatic N) is 2. The van der Waals surface area contributed by atoms with Crippen LogP contribution in [-0.2, 0) is 17.8 Å². The number of pyridine rings is 1. The molecule has 1 atom stereocenters. The van der Waals surface area contributed by atoms with Crippen LogP contribution in [0.1, 0.15) is 53.6 Å². The molecule has 8 heteroatoms. The van der Waals surface area contributed by atoms with E-state index in [1.54, 1.807) is 16.0 Å². The van der Waals surface area contributed by atoms with Crippen LogP contribution in [0.2, 0.25) is 0 Å². The van der Waals surface area contributed by atoms with Gasteiger partial charge in [0.2, 0.25) is 0 Å². The monoisotopic (exact) mass is 419 g/mol. The van der Waals surface area contributed by atoms with E-state index in [0.29, 0.717) is 32.6 Å². The van der Waals surface area contributed by atoms with Crippen molar-refractivity contribution in [3.63, 3.8) is 0 Å². The molecule has 4 rings (SSSR count). The second-order valence-electron chi connectivity index (χ2n) is 8.25. The number of carbonyl (C=O) groups is 2. The Hall–Kier alpha value is -1.80. The molecule has 1 aromatic heterocycles. The molecule has 0 unspecified atom stereocenters. The van der Waals surface area contributed by atoms with E-state index in [-0.39, 0.29) is 28.9 Å². The quantitative estimate of drug-likeness (QED) is 0.772. The number of aliphatic hydroxyl groups excluding tert-OH is 1. The number of rotatable bonds is 3. The molecule has 0 aromatic carbocycles. The van der Waals surface area contributed by atoms with Gasteiger partial charge in [-0.3, -0.25) is 14.4 Å². The molecule has 3 heterocycles. The maximum Gasteiger partial charge on any atom is 0.261 e. The van der Waals surface area contributed by atoms with E-state index in [4.69, 9.17) is 0 Å². The SMILES string of the molecule is O=C(c1c2c(c[nH]c1=O)CN(C(=O)[C@H](O)C1CCCCC1)CC2)N1CCSCC1. The molecule has 1 aromatic rings. The number of nitrogens with one attached hydrogen (secondary N) is 1. The molecule has 1 aliphatic carbocycles. The third-order valence-corrected chi connectivity index (χ3v) is 7.40. The molecule has 2 amide bonds. The number of aromatic nitrogens is 1. The summed E-state index contributed by atoms with van der Waals surface area (Å²) in [4.78, 5) is 44.5. The van der Waals surface area contributed by atoms with Crippen LogP contribution < -0.4 is 5.56 Å². The van der Waals surface area contributed by atoms with Gasteiger partial charge in [-0.25, -0.2) is 0 Å². The Morgan fingerprint density at radius 2 is 1.83 bits per heavy atom. The molecule has 7 nitrogen and oxygen atoms in total. The zero-order valence-corrected chi connectivity index (χ0v) is 17.5. The average molecular weight is 420 g/mol. The highest BCUT2D eigenvalue weighted by Crippen LogP contribution is 2.29. The standard InChI is InChI=1S/C21H29N3O4S/c25-18(14-4-2-1-3-5-14)21(28)24-7-6-16-15(13-24)12-22-19(26)17(16)20(27)23-8-10-29-11-9-23/h12,14,18,25H,1-11,13H2,(H,22,26)/t18-/m1/s1. The van der Waals surface area contributed by atoms with Crippen molar-refractivity contribution in [3.05, 3.63) is 33.2 Å². The number of hydrogen-bond donors (Lipinski definition) is 2. The summed E-state index contributed by atoms with van der Waals surface area (Å²) in [6.45, 7) is 2.07. The van der Waals surface area contributed by atoms with Gasteiger partial charge in [0.05, 0.1) is 0 Å². The predicted octanol–water partition coefficient (Wildman–Crippen LogP) is 1.39. The fourth-order valence-electron chi connectivity index (χ4n) is 4.75. The maximum atomic E-state index is 13.0. The van der Waals surface area contributed by atoms with Crippen LogP contribution in [0, 0.1) is 5.92 Å². The second kappa shape index (κ2) is 8.92. The Bertz CT molecular complexity index is 828. The van der Waals surface area contributed by atoms with Gasteiger partial charge in [-0.05, 0) is 36.3 Å². The van der Waals surface area contributed by atoms with E-state index in [1.807, 2.05) is 11.8 Å². The lowest BCUT2D eigenvalue weighted by molar-refractivity contribution is -0.144. The van der Waals surface area contributed by atoms with Gasteiger partial charge in [-0.15, -0.1) is 0 Å². The van der Waals surface area contributed by atoms with E-state index < -0.39 is 6.10 Å². The van der Waals surface area contributed by atoms with Gasteiger partial charge in [-0.2, -0.15) is 11.8 Å². The van der Waals surface area contributed by atoms with Crippen molar-refractivity contribution < 1.29 is 14.7 Å². The Morgan fingerprint density at radius 1 is 1.10 bits per heavy atom. The van der Waals surface area contributed by atoms with Crippen LogP contribution in [0.4, 0.5) is 0 Å². The average Bonchev–Trinajstić information content (AvgIpc) is 2.78. The summed E-state index contributed by atoms with van der Waals surface area (Å²) in [6, 6.07) is 0. The van der Waals surface area contributed by atoms with Crippen LogP contribution in [0.15, 0.2) is 11.0 Å². The van der Waals surface area contributed by atoms with Gasteiger partial charge in [0.1, 0.15) is 11.7 Å². The Morgan fingerprint density at radius 3 is 2.55 bits per heavy atom. The number of thioether (sulfide) groups is 1. The van der Waals surface area contributed by atoms with Crippen molar-refractivity contribution >= 4 is 23.6 Å². The van der Waals surface area contributed by atoms with Gasteiger partial charge >= 0.3 is 0 Å². The van der Waals surface area contributed by atoms with Gasteiger partial charge < -0.3 is 19.9 Å². The van der Waals surface area contributed by atoms with Crippen molar-refractivity contribution in [3.8, 4) is 0 Å². The smallest absolute Gasteiger partial charge is 0.261 e. The first-order valence-corrected chi connectivity index (χ1v) is 11.8. The molecule has 29 heavy (non-hydrogen) atoms. The minimum absolute atomic E-state index is 0.0438. The third-order valence-electron chi connectivity index (χ3n) is 6.46. The molecule has 1 saturated carbocycles. The third kappa shape index (κ3) is 4.23. The minimum Gasteiger partial charge on any atom is -0.383 e. The zero-order valence-electron chi connectivity index (χ0n) is 16.7. The summed E-state index contributed by atoms with van der Waals surface area (Å²) in [5.41, 5.74) is 1.44. The first kappa shape index (κ1) is 20.5. The van der Waals surface area contributed by atoms with Crippen LogP contribution in [-0.4, -0.2) is 68.9 Å². The lowest BCUT2D eigenvalue weighted by atomic mass is 9.84. The molecule has 0 radical (unpaired) electrons. The molecular weight excluding hydrogens is 390 g/mol. The molecule has 158 valence electrons. The fourth-order valence-corrected chi connectivity index (χ4v) is 5.65. The second-order valence-corrected chi connectivity index (χ2v) is 9.48. The van der Waals surface area contributed by atoms with Crippen LogP contribution in [0.3, 0.4) is 0 Å². The van der Waals surface area contributed by atoms with E-state index in [9.17, 15) is 19.5 Å². The van der Waals surface area contributed by atoms with Gasteiger partial charge in [0.25, 0.3) is 17.4 Å². The summed E-state index contributed by atoms with van der Waals surface area (Å²) in [5, 5.41) is 10.6. The lowest BCUT2D eigenvalue weighted by Crippen LogP contribution is -2.47. The van der Waals surface area contributed by atoms with E-state index in [2.05, 4.69) is 4.98 Å². The highest BCUT2D eigenvalue weighted by Gasteiger charge is 2.34. The topological polar surface area (TPSA) is 93.7 Å². The summed E-state index contributed by atoms with van der Waals surface area (Å²) in [7, 11) is 0. The van der Waals surface area contributed by atoms with Crippen LogP contribution in [0.25, 0.3) is 0 Å². The van der Waals surface area contributed by atoms with Crippen molar-refractivity contribution in [2.45, 2.75) is 51.2 Å². The van der Waals surface area contributed by atoms with Gasteiger partial charge in [0.15, 0.2) is 0 Å². The first-order valence-electron chi connectivity index (χ1n) is 10.6. The highest BCUT2D eigenvalue weighted by molar-refractivity contribution is 7.99. The number of aromatic amines is 1. The molecular formula is C21H29N3O4S. The molecule has 3 aliphatic rings. The lowest BCUT2D eigenvalue weighted by Gasteiger charge is -2.34. The number of fused-ring (bicyclic) bond motifs is 1. The van der Waals surface area contributed by atoms with E-state index in [0.717, 1.165) is 48.3 Å². The normalized spacial score (nSPS) is 21.6. The highest BCUT2D eigenvalue weighted by atomic mass is 32.2. The molecule has 0 spiro atoms. The molecule has 2 fully saturated rings. The maximum absolute atomic E-state index is 13.0. The molecule has 1 saturated heterocycles. The van der Waals surface area contributed by atoms with E-state index >= 15 is 0 Å². The van der Waals surface area contributed by atoms with Gasteiger partial charge in [0, 0.05) is 43.9 Å². The van der Waals surface area contributed by atoms with Crippen molar-refractivity contribution in [2.24, 2.45) is 5.92 Å². The summed E-state index contributed by atoms with van der Waals surface area (Å²) in [5.74, 6) is 1.39. The number of aliphatic hydroxyl groups is 1. The summed E-state index contributed by atoms with van der Waals surface area (Å²) >= 11 is 1.81. The van der Waals surface area contributed by atoms with E-state index in [1.165, 1.54) is 6.42 Å². The van der Waals surface area contributed by atoms with Crippen molar-refractivity contribution in [2.75, 3.05) is 31.1 Å². The number of H-pyrrole nitrogens is 1. The first-order chi connectivity index (χ1) is 14.1. The molecule has 0 bridgehead atoms. The number of hydrogen-bond acceptors (Lipinski definition) is 5. The summed E-state index contributed by atoms with van der Waals surface area (Å²) < 4.78 is 0. The van der Waals surface area contributed by atoms with Crippen LogP contribution in [0.5, 0.6) is 0 Å². The number of amides is 2. The molecule has 2 N–H and O–H groups in total. The molecule has 2 aliphatic heterocycles. The Labute approximate surface area is 174 Å². The fraction of sp³-hybridized carbons (Fsp3) is 0.667. The largest absolute Gasteiger partial charge is 0.383 e. The zero-order chi connectivity index (χ0) is 20.4. The number of carbonyl (C=O) groups excluding carboxylic acids is 2. The Balaban J connectivity index is 1.52. The van der Waals surface area contributed by atoms with Crippen molar-refractivity contribution in [1.82, 2.24) is 14.8 Å². The predicted molar refractivity (Wildman–Crippen MR) is 112 cm³/mol. The summed E-state index contributed by atoms with van der Waals surface area (Å²) in [6.07, 6.45) is 6.24. The van der Waals surface area contributed by atoms with Crippen LogP contribution >= 0.6 is 11.8 Å².